The Labute approximate surface area is 174 Å². The molecule has 0 saturated heterocycles. The first kappa shape index (κ1) is 19.4. The lowest BCUT2D eigenvalue weighted by molar-refractivity contribution is -0.0822. The molecule has 156 valence electrons. The number of hydrogen-bond acceptors (Lipinski definition) is 3. The number of allylic oxidation sites excluding steroid dienone is 1. The van der Waals surface area contributed by atoms with Crippen molar-refractivity contribution in [1.29, 1.82) is 0 Å². The van der Waals surface area contributed by atoms with E-state index in [9.17, 15) is 9.90 Å². The summed E-state index contributed by atoms with van der Waals surface area (Å²) in [5.74, 6) is 1.94. The Kier molecular flexibility index (Phi) is 4.66. The van der Waals surface area contributed by atoms with Crippen LogP contribution in [0.15, 0.2) is 42.0 Å². The summed E-state index contributed by atoms with van der Waals surface area (Å²) in [5.41, 5.74) is 2.56. The highest BCUT2D eigenvalue weighted by Gasteiger charge is 2.59. The molecule has 0 spiro atoms. The van der Waals surface area contributed by atoms with Crippen LogP contribution in [0.5, 0.6) is 0 Å². The zero-order valence-electron chi connectivity index (χ0n) is 17.8. The second-order valence-corrected chi connectivity index (χ2v) is 10.5. The maximum Gasteiger partial charge on any atom is 0.338 e. The van der Waals surface area contributed by atoms with Crippen molar-refractivity contribution in [3.8, 4) is 0 Å². The molecule has 0 heterocycles. The summed E-state index contributed by atoms with van der Waals surface area (Å²) in [5, 5.41) is 10.1. The number of fused-ring (bicyclic) bond motifs is 5. The van der Waals surface area contributed by atoms with Gasteiger partial charge in [-0.3, -0.25) is 0 Å². The molecule has 1 aromatic carbocycles. The molecule has 3 nitrogen and oxygen atoms in total. The van der Waals surface area contributed by atoms with Gasteiger partial charge in [0.15, 0.2) is 0 Å². The van der Waals surface area contributed by atoms with Crippen LogP contribution in [0.4, 0.5) is 0 Å². The van der Waals surface area contributed by atoms with Crippen LogP contribution in [0.1, 0.15) is 75.6 Å². The van der Waals surface area contributed by atoms with Crippen LogP contribution in [-0.2, 0) is 4.74 Å². The Balaban J connectivity index is 1.36. The number of ether oxygens (including phenoxy) is 1. The van der Waals surface area contributed by atoms with Crippen LogP contribution in [-0.4, -0.2) is 23.3 Å². The molecule has 0 unspecified atom stereocenters. The van der Waals surface area contributed by atoms with Crippen molar-refractivity contribution in [3.05, 3.63) is 47.5 Å². The molecular formula is C26H34O3. The first-order valence-electron chi connectivity index (χ1n) is 11.6. The van der Waals surface area contributed by atoms with E-state index in [0.717, 1.165) is 43.9 Å². The molecule has 3 heteroatoms. The third-order valence-electron chi connectivity index (χ3n) is 9.26. The average Bonchev–Trinajstić information content (AvgIpc) is 3.05. The van der Waals surface area contributed by atoms with Gasteiger partial charge in [-0.25, -0.2) is 4.79 Å². The van der Waals surface area contributed by atoms with E-state index in [2.05, 4.69) is 19.9 Å². The Bertz CT molecular complexity index is 815. The zero-order valence-corrected chi connectivity index (χ0v) is 17.8. The Morgan fingerprint density at radius 1 is 1.00 bits per heavy atom. The predicted octanol–water partition coefficient (Wildman–Crippen LogP) is 5.54. The van der Waals surface area contributed by atoms with E-state index in [1.807, 2.05) is 30.3 Å². The van der Waals surface area contributed by atoms with Crippen LogP contribution in [0.2, 0.25) is 0 Å². The average molecular weight is 395 g/mol. The molecule has 4 aliphatic rings. The Morgan fingerprint density at radius 3 is 2.59 bits per heavy atom. The van der Waals surface area contributed by atoms with E-state index >= 15 is 0 Å². The largest absolute Gasteiger partial charge is 0.458 e. The maximum absolute atomic E-state index is 12.7. The van der Waals surface area contributed by atoms with Gasteiger partial charge in [0.05, 0.1) is 11.7 Å². The van der Waals surface area contributed by atoms with Gasteiger partial charge in [0.25, 0.3) is 0 Å². The second-order valence-electron chi connectivity index (χ2n) is 10.5. The number of carbonyl (C=O) groups is 1. The monoisotopic (exact) mass is 394 g/mol. The highest BCUT2D eigenvalue weighted by Crippen LogP contribution is 2.65. The fourth-order valence-corrected chi connectivity index (χ4v) is 7.63. The molecule has 3 fully saturated rings. The van der Waals surface area contributed by atoms with Gasteiger partial charge in [0.1, 0.15) is 6.10 Å². The predicted molar refractivity (Wildman–Crippen MR) is 113 cm³/mol. The lowest BCUT2D eigenvalue weighted by Crippen LogP contribution is -2.51. The van der Waals surface area contributed by atoms with Crippen molar-refractivity contribution in [2.45, 2.75) is 77.4 Å². The molecule has 1 aromatic rings. The minimum atomic E-state index is -0.239. The standard InChI is InChI=1S/C26H34O3/c1-25-14-12-19(27)16-18(25)8-9-20-21-10-11-23(26(21,2)15-13-22(20)25)29-24(28)17-6-4-3-5-7-17/h3-7,16,19-23,27H,8-15H2,1-2H3/t19-,20-,21-,22-,23-,25-,26-/m0/s1. The SMILES string of the molecule is C[C@]12CC[C@H]3[C@@H](CCC4=C[C@@H](O)CC[C@@]43C)[C@@H]1CC[C@@H]2OC(=O)c1ccccc1. The van der Waals surface area contributed by atoms with E-state index in [1.54, 1.807) is 0 Å². The first-order valence-corrected chi connectivity index (χ1v) is 11.6. The van der Waals surface area contributed by atoms with Crippen LogP contribution in [0, 0.1) is 28.6 Å². The minimum Gasteiger partial charge on any atom is -0.458 e. The van der Waals surface area contributed by atoms with Crippen LogP contribution < -0.4 is 0 Å². The molecule has 0 bridgehead atoms. The molecular weight excluding hydrogens is 360 g/mol. The zero-order chi connectivity index (χ0) is 20.2. The van der Waals surface area contributed by atoms with Gasteiger partial charge in [-0.2, -0.15) is 0 Å². The van der Waals surface area contributed by atoms with Crippen molar-refractivity contribution in [1.82, 2.24) is 0 Å². The van der Waals surface area contributed by atoms with Crippen molar-refractivity contribution in [2.75, 3.05) is 0 Å². The van der Waals surface area contributed by atoms with Gasteiger partial charge < -0.3 is 9.84 Å². The van der Waals surface area contributed by atoms with E-state index < -0.39 is 0 Å². The van der Waals surface area contributed by atoms with E-state index in [1.165, 1.54) is 24.8 Å². The fourth-order valence-electron chi connectivity index (χ4n) is 7.63. The van der Waals surface area contributed by atoms with Crippen LogP contribution >= 0.6 is 0 Å². The highest BCUT2D eigenvalue weighted by molar-refractivity contribution is 5.89. The van der Waals surface area contributed by atoms with Crippen molar-refractivity contribution >= 4 is 5.97 Å². The number of carbonyl (C=O) groups excluding carboxylic acids is 1. The summed E-state index contributed by atoms with van der Waals surface area (Å²) in [6, 6.07) is 9.43. The number of esters is 1. The molecule has 0 aromatic heterocycles. The van der Waals surface area contributed by atoms with Crippen molar-refractivity contribution in [2.24, 2.45) is 28.6 Å². The summed E-state index contributed by atoms with van der Waals surface area (Å²) in [6.07, 6.45) is 10.9. The van der Waals surface area contributed by atoms with Crippen molar-refractivity contribution < 1.29 is 14.6 Å². The molecule has 7 atom stereocenters. The van der Waals surface area contributed by atoms with Gasteiger partial charge in [0.2, 0.25) is 0 Å². The molecule has 0 radical (unpaired) electrons. The quantitative estimate of drug-likeness (QED) is 0.529. The third-order valence-corrected chi connectivity index (χ3v) is 9.26. The number of aliphatic hydroxyl groups is 1. The molecule has 5 rings (SSSR count). The summed E-state index contributed by atoms with van der Waals surface area (Å²) in [6.45, 7) is 4.86. The summed E-state index contributed by atoms with van der Waals surface area (Å²) >= 11 is 0. The van der Waals surface area contributed by atoms with E-state index in [4.69, 9.17) is 4.74 Å². The van der Waals surface area contributed by atoms with E-state index in [-0.39, 0.29) is 29.0 Å². The highest BCUT2D eigenvalue weighted by atomic mass is 16.5. The fraction of sp³-hybridized carbons (Fsp3) is 0.654. The summed E-state index contributed by atoms with van der Waals surface area (Å²) in [4.78, 5) is 12.7. The molecule has 4 aliphatic carbocycles. The number of hydrogen-bond donors (Lipinski definition) is 1. The minimum absolute atomic E-state index is 0.0408. The smallest absolute Gasteiger partial charge is 0.338 e. The molecule has 3 saturated carbocycles. The number of aliphatic hydroxyl groups excluding tert-OH is 1. The van der Waals surface area contributed by atoms with Crippen molar-refractivity contribution in [3.63, 3.8) is 0 Å². The molecule has 0 aliphatic heterocycles. The summed E-state index contributed by atoms with van der Waals surface area (Å²) < 4.78 is 6.11. The summed E-state index contributed by atoms with van der Waals surface area (Å²) in [7, 11) is 0. The Morgan fingerprint density at radius 2 is 1.79 bits per heavy atom. The van der Waals surface area contributed by atoms with Gasteiger partial charge in [-0.1, -0.05) is 43.7 Å². The van der Waals surface area contributed by atoms with Gasteiger partial charge in [-0.15, -0.1) is 0 Å². The Hall–Kier alpha value is -1.61. The normalized spacial score (nSPS) is 43.6. The number of rotatable bonds is 2. The number of benzene rings is 1. The lowest BCUT2D eigenvalue weighted by Gasteiger charge is -2.58. The lowest BCUT2D eigenvalue weighted by atomic mass is 9.47. The van der Waals surface area contributed by atoms with Crippen LogP contribution in [0.25, 0.3) is 0 Å². The topological polar surface area (TPSA) is 46.5 Å². The van der Waals surface area contributed by atoms with E-state index in [0.29, 0.717) is 11.5 Å². The van der Waals surface area contributed by atoms with Crippen LogP contribution in [0.3, 0.4) is 0 Å². The van der Waals surface area contributed by atoms with Gasteiger partial charge >= 0.3 is 5.97 Å². The second kappa shape index (κ2) is 6.97. The van der Waals surface area contributed by atoms with Gasteiger partial charge in [0, 0.05) is 5.41 Å². The first-order chi connectivity index (χ1) is 13.9. The third kappa shape index (κ3) is 3.00. The molecule has 1 N–H and O–H groups in total. The molecule has 0 amide bonds. The maximum atomic E-state index is 12.7. The molecule has 29 heavy (non-hydrogen) atoms. The van der Waals surface area contributed by atoms with Gasteiger partial charge in [-0.05, 0) is 86.7 Å².